The van der Waals surface area contributed by atoms with Gasteiger partial charge in [0, 0.05) is 24.5 Å². The van der Waals surface area contributed by atoms with Gasteiger partial charge >= 0.3 is 0 Å². The second-order valence-corrected chi connectivity index (χ2v) is 7.78. The highest BCUT2D eigenvalue weighted by molar-refractivity contribution is 6.04. The summed E-state index contributed by atoms with van der Waals surface area (Å²) in [5, 5.41) is 16.8. The Morgan fingerprint density at radius 1 is 0.970 bits per heavy atom. The number of benzene rings is 2. The van der Waals surface area contributed by atoms with Crippen molar-refractivity contribution in [2.75, 3.05) is 6.54 Å². The zero-order chi connectivity index (χ0) is 22.2. The molecule has 33 heavy (non-hydrogen) atoms. The van der Waals surface area contributed by atoms with Gasteiger partial charge in [-0.25, -0.2) is 4.98 Å². The molecule has 0 aliphatic heterocycles. The number of fused-ring (bicyclic) bond motifs is 3. The second-order valence-electron chi connectivity index (χ2n) is 7.78. The third kappa shape index (κ3) is 3.49. The zero-order valence-electron chi connectivity index (χ0n) is 17.6. The summed E-state index contributed by atoms with van der Waals surface area (Å²) in [4.78, 5) is 21.0. The summed E-state index contributed by atoms with van der Waals surface area (Å²) < 4.78 is 3.73. The van der Waals surface area contributed by atoms with Gasteiger partial charge in [0.2, 0.25) is 0 Å². The molecule has 2 aromatic carbocycles. The fourth-order valence-corrected chi connectivity index (χ4v) is 4.07. The van der Waals surface area contributed by atoms with Crippen molar-refractivity contribution >= 4 is 33.5 Å². The number of hydrogen-bond donors (Lipinski definition) is 2. The SMILES string of the molecule is O=C(NCCc1nnc2ccccn12)c1nn(Cc2nc3ccccc3[nH]2)c2ccccc12. The number of carbonyl (C=O) groups excluding carboxylic acids is 1. The number of nitrogens with zero attached hydrogens (tertiary/aromatic N) is 6. The first-order valence-electron chi connectivity index (χ1n) is 10.7. The van der Waals surface area contributed by atoms with Gasteiger partial charge in [-0.05, 0) is 30.3 Å². The molecule has 0 bridgehead atoms. The molecule has 9 nitrogen and oxygen atoms in total. The van der Waals surface area contributed by atoms with Crippen molar-refractivity contribution in [1.82, 2.24) is 39.7 Å². The Balaban J connectivity index is 1.23. The number of pyridine rings is 1. The van der Waals surface area contributed by atoms with Gasteiger partial charge in [0.25, 0.3) is 5.91 Å². The zero-order valence-corrected chi connectivity index (χ0v) is 17.6. The van der Waals surface area contributed by atoms with E-state index < -0.39 is 0 Å². The molecule has 0 fully saturated rings. The molecule has 0 aliphatic rings. The fourth-order valence-electron chi connectivity index (χ4n) is 4.07. The van der Waals surface area contributed by atoms with Gasteiger partial charge in [0.05, 0.1) is 23.1 Å². The van der Waals surface area contributed by atoms with Gasteiger partial charge in [-0.15, -0.1) is 10.2 Å². The van der Waals surface area contributed by atoms with E-state index in [1.807, 2.05) is 82.0 Å². The quantitative estimate of drug-likeness (QED) is 0.418. The van der Waals surface area contributed by atoms with E-state index in [-0.39, 0.29) is 5.91 Å². The van der Waals surface area contributed by atoms with Crippen LogP contribution in [0.15, 0.2) is 72.9 Å². The fraction of sp³-hybridized carbons (Fsp3) is 0.125. The Hall–Kier alpha value is -4.53. The summed E-state index contributed by atoms with van der Waals surface area (Å²) in [6.07, 6.45) is 2.48. The number of H-pyrrole nitrogens is 1. The first-order chi connectivity index (χ1) is 16.3. The molecule has 4 aromatic heterocycles. The molecule has 4 heterocycles. The number of aromatic nitrogens is 7. The number of amides is 1. The van der Waals surface area contributed by atoms with Crippen molar-refractivity contribution in [3.8, 4) is 0 Å². The monoisotopic (exact) mass is 436 g/mol. The van der Waals surface area contributed by atoms with Crippen LogP contribution in [0, 0.1) is 0 Å². The average Bonchev–Trinajstić information content (AvgIpc) is 3.55. The molecule has 162 valence electrons. The minimum Gasteiger partial charge on any atom is -0.350 e. The van der Waals surface area contributed by atoms with Crippen LogP contribution in [-0.2, 0) is 13.0 Å². The topological polar surface area (TPSA) is 106 Å². The summed E-state index contributed by atoms with van der Waals surface area (Å²) in [6, 6.07) is 21.4. The lowest BCUT2D eigenvalue weighted by molar-refractivity contribution is 0.0949. The standard InChI is InChI=1S/C24H20N8O/c33-24(25-13-12-22-29-28-21-11-5-6-14-31(21)22)23-16-7-1-4-10-19(16)32(30-23)15-20-26-17-8-2-3-9-18(17)27-20/h1-11,14H,12-13,15H2,(H,25,33)(H,26,27). The summed E-state index contributed by atoms with van der Waals surface area (Å²) in [5.41, 5.74) is 3.94. The Bertz CT molecular complexity index is 1580. The van der Waals surface area contributed by atoms with Crippen LogP contribution in [0.4, 0.5) is 0 Å². The highest BCUT2D eigenvalue weighted by Crippen LogP contribution is 2.20. The lowest BCUT2D eigenvalue weighted by Crippen LogP contribution is -2.27. The van der Waals surface area contributed by atoms with Crippen molar-refractivity contribution in [2.24, 2.45) is 0 Å². The molecule has 0 saturated carbocycles. The van der Waals surface area contributed by atoms with Crippen molar-refractivity contribution in [3.05, 3.63) is 90.3 Å². The first kappa shape index (κ1) is 19.2. The number of nitrogens with one attached hydrogen (secondary N) is 2. The summed E-state index contributed by atoms with van der Waals surface area (Å²) in [6.45, 7) is 0.869. The molecule has 6 aromatic rings. The maximum absolute atomic E-state index is 13.0. The van der Waals surface area contributed by atoms with Crippen LogP contribution in [0.5, 0.6) is 0 Å². The van der Waals surface area contributed by atoms with Gasteiger partial charge < -0.3 is 10.3 Å². The molecular weight excluding hydrogens is 416 g/mol. The number of rotatable bonds is 6. The van der Waals surface area contributed by atoms with Crippen LogP contribution in [0.3, 0.4) is 0 Å². The molecule has 1 amide bonds. The van der Waals surface area contributed by atoms with Crippen LogP contribution in [0.1, 0.15) is 22.1 Å². The number of imidazole rings is 1. The van der Waals surface area contributed by atoms with Crippen molar-refractivity contribution in [3.63, 3.8) is 0 Å². The highest BCUT2D eigenvalue weighted by atomic mass is 16.1. The normalized spacial score (nSPS) is 11.5. The van der Waals surface area contributed by atoms with E-state index in [2.05, 4.69) is 30.6 Å². The lowest BCUT2D eigenvalue weighted by atomic mass is 10.2. The predicted molar refractivity (Wildman–Crippen MR) is 124 cm³/mol. The molecule has 0 spiro atoms. The largest absolute Gasteiger partial charge is 0.350 e. The Morgan fingerprint density at radius 2 is 1.82 bits per heavy atom. The van der Waals surface area contributed by atoms with Crippen LogP contribution in [-0.4, -0.2) is 46.8 Å². The van der Waals surface area contributed by atoms with Crippen molar-refractivity contribution in [2.45, 2.75) is 13.0 Å². The third-order valence-electron chi connectivity index (χ3n) is 5.63. The van der Waals surface area contributed by atoms with Crippen LogP contribution in [0.2, 0.25) is 0 Å². The van der Waals surface area contributed by atoms with Crippen LogP contribution in [0.25, 0.3) is 27.6 Å². The molecular formula is C24H20N8O. The van der Waals surface area contributed by atoms with Crippen LogP contribution < -0.4 is 5.32 Å². The maximum Gasteiger partial charge on any atom is 0.272 e. The maximum atomic E-state index is 13.0. The van der Waals surface area contributed by atoms with Crippen LogP contribution >= 0.6 is 0 Å². The Morgan fingerprint density at radius 3 is 2.76 bits per heavy atom. The minimum atomic E-state index is -0.219. The molecule has 9 heteroatoms. The van der Waals surface area contributed by atoms with Crippen molar-refractivity contribution in [1.29, 1.82) is 0 Å². The van der Waals surface area contributed by atoms with E-state index in [0.29, 0.717) is 25.2 Å². The number of para-hydroxylation sites is 3. The van der Waals surface area contributed by atoms with E-state index in [4.69, 9.17) is 0 Å². The Labute approximate surface area is 188 Å². The highest BCUT2D eigenvalue weighted by Gasteiger charge is 2.18. The summed E-state index contributed by atoms with van der Waals surface area (Å²) in [7, 11) is 0. The third-order valence-corrected chi connectivity index (χ3v) is 5.63. The smallest absolute Gasteiger partial charge is 0.272 e. The molecule has 0 unspecified atom stereocenters. The molecule has 0 aliphatic carbocycles. The first-order valence-corrected chi connectivity index (χ1v) is 10.7. The summed E-state index contributed by atoms with van der Waals surface area (Å²) in [5.74, 6) is 1.37. The van der Waals surface area contributed by atoms with Gasteiger partial charge in [0.15, 0.2) is 11.3 Å². The number of aromatic amines is 1. The van der Waals surface area contributed by atoms with Crippen molar-refractivity contribution < 1.29 is 4.79 Å². The van der Waals surface area contributed by atoms with E-state index in [9.17, 15) is 4.79 Å². The number of carbonyl (C=O) groups is 1. The lowest BCUT2D eigenvalue weighted by Gasteiger charge is -2.03. The Kier molecular flexibility index (Phi) is 4.57. The van der Waals surface area contributed by atoms with E-state index in [1.54, 1.807) is 0 Å². The van der Waals surface area contributed by atoms with Gasteiger partial charge in [0.1, 0.15) is 11.6 Å². The second kappa shape index (κ2) is 7.86. The van der Waals surface area contributed by atoms with E-state index in [0.717, 1.165) is 39.2 Å². The number of hydrogen-bond acceptors (Lipinski definition) is 5. The van der Waals surface area contributed by atoms with E-state index >= 15 is 0 Å². The minimum absolute atomic E-state index is 0.219. The molecule has 0 atom stereocenters. The molecule has 2 N–H and O–H groups in total. The molecule has 0 saturated heterocycles. The predicted octanol–water partition coefficient (Wildman–Crippen LogP) is 2.98. The summed E-state index contributed by atoms with van der Waals surface area (Å²) >= 11 is 0. The molecule has 6 rings (SSSR count). The van der Waals surface area contributed by atoms with E-state index in [1.165, 1.54) is 0 Å². The van der Waals surface area contributed by atoms with Gasteiger partial charge in [-0.1, -0.05) is 36.4 Å². The average molecular weight is 436 g/mol. The molecule has 0 radical (unpaired) electrons. The van der Waals surface area contributed by atoms with Gasteiger partial charge in [-0.3, -0.25) is 13.9 Å². The van der Waals surface area contributed by atoms with Gasteiger partial charge in [-0.2, -0.15) is 5.10 Å².